The maximum Gasteiger partial charge on any atom is 0.0457 e. The average molecular weight is 286 g/mol. The van der Waals surface area contributed by atoms with E-state index in [9.17, 15) is 0 Å². The van der Waals surface area contributed by atoms with Gasteiger partial charge in [-0.2, -0.15) is 0 Å². The van der Waals surface area contributed by atoms with E-state index in [1.54, 1.807) is 0 Å². The third kappa shape index (κ3) is 1.96. The van der Waals surface area contributed by atoms with Crippen LogP contribution in [-0.2, 0) is 0 Å². The van der Waals surface area contributed by atoms with Crippen LogP contribution in [0.15, 0.2) is 73.1 Å². The van der Waals surface area contributed by atoms with Crippen LogP contribution in [0.1, 0.15) is 24.0 Å². The molecule has 0 unspecified atom stereocenters. The van der Waals surface area contributed by atoms with Crippen molar-refractivity contribution in [2.24, 2.45) is 0 Å². The summed E-state index contributed by atoms with van der Waals surface area (Å²) in [5, 5.41) is 2.58. The second-order valence-electron chi connectivity index (χ2n) is 5.58. The zero-order chi connectivity index (χ0) is 14.9. The minimum absolute atomic E-state index is 0.248. The van der Waals surface area contributed by atoms with E-state index in [-0.39, 0.29) is 5.92 Å². The van der Waals surface area contributed by atoms with E-state index in [0.717, 1.165) is 0 Å². The fraction of sp³-hybridized carbons (Fsp3) is 0.100. The number of fused-ring (bicyclic) bond motifs is 2. The number of hydrogen-bond donors (Lipinski definition) is 2. The lowest BCUT2D eigenvalue weighted by molar-refractivity contribution is 1.05. The van der Waals surface area contributed by atoms with Gasteiger partial charge in [0, 0.05) is 40.1 Å². The molecular formula is C20H18N2. The molecule has 0 bridgehead atoms. The SMILES string of the molecule is C/C=C/C(c1c[nH]c2ccccc12)c1c[nH]c2ccccc12. The Morgan fingerprint density at radius 2 is 1.27 bits per heavy atom. The second kappa shape index (κ2) is 5.23. The minimum Gasteiger partial charge on any atom is -0.361 e. The highest BCUT2D eigenvalue weighted by Crippen LogP contribution is 2.35. The smallest absolute Gasteiger partial charge is 0.0457 e. The van der Waals surface area contributed by atoms with E-state index in [1.165, 1.54) is 32.9 Å². The number of rotatable bonds is 3. The molecular weight excluding hydrogens is 268 g/mol. The lowest BCUT2D eigenvalue weighted by atomic mass is 9.90. The molecule has 2 aromatic heterocycles. The first-order valence-electron chi connectivity index (χ1n) is 7.63. The first-order chi connectivity index (χ1) is 10.9. The largest absolute Gasteiger partial charge is 0.361 e. The van der Waals surface area contributed by atoms with E-state index in [4.69, 9.17) is 0 Å². The van der Waals surface area contributed by atoms with Gasteiger partial charge in [-0.3, -0.25) is 0 Å². The third-order valence-electron chi connectivity index (χ3n) is 4.30. The number of aromatic amines is 2. The maximum absolute atomic E-state index is 3.39. The molecule has 4 rings (SSSR count). The van der Waals surface area contributed by atoms with E-state index in [0.29, 0.717) is 0 Å². The summed E-state index contributed by atoms with van der Waals surface area (Å²) in [5.74, 6) is 0.248. The van der Waals surface area contributed by atoms with Crippen molar-refractivity contribution in [2.75, 3.05) is 0 Å². The van der Waals surface area contributed by atoms with Crippen LogP contribution in [0.25, 0.3) is 21.8 Å². The number of H-pyrrole nitrogens is 2. The van der Waals surface area contributed by atoms with Crippen LogP contribution in [0, 0.1) is 0 Å². The van der Waals surface area contributed by atoms with Gasteiger partial charge in [0.1, 0.15) is 0 Å². The van der Waals surface area contributed by atoms with Crippen LogP contribution in [0.5, 0.6) is 0 Å². The zero-order valence-corrected chi connectivity index (χ0v) is 12.5. The second-order valence-corrected chi connectivity index (χ2v) is 5.58. The number of hydrogen-bond acceptors (Lipinski definition) is 0. The molecule has 2 nitrogen and oxygen atoms in total. The molecule has 2 N–H and O–H groups in total. The fourth-order valence-electron chi connectivity index (χ4n) is 3.27. The molecule has 108 valence electrons. The lowest BCUT2D eigenvalue weighted by Crippen LogP contribution is -1.96. The topological polar surface area (TPSA) is 31.6 Å². The van der Waals surface area contributed by atoms with E-state index in [2.05, 4.69) is 90.0 Å². The van der Waals surface area contributed by atoms with Crippen molar-refractivity contribution in [2.45, 2.75) is 12.8 Å². The van der Waals surface area contributed by atoms with E-state index >= 15 is 0 Å². The first-order valence-corrected chi connectivity index (χ1v) is 7.63. The fourth-order valence-corrected chi connectivity index (χ4v) is 3.27. The average Bonchev–Trinajstić information content (AvgIpc) is 3.17. The van der Waals surface area contributed by atoms with Gasteiger partial charge >= 0.3 is 0 Å². The standard InChI is InChI=1S/C20H18N2/c1-2-7-14(17-12-21-19-10-5-3-8-15(17)19)18-13-22-20-11-6-4-9-16(18)20/h2-14,21-22H,1H3/b7-2+. The molecule has 0 fully saturated rings. The van der Waals surface area contributed by atoms with Crippen LogP contribution in [0.2, 0.25) is 0 Å². The lowest BCUT2D eigenvalue weighted by Gasteiger charge is -2.12. The summed E-state index contributed by atoms with van der Waals surface area (Å²) < 4.78 is 0. The zero-order valence-electron chi connectivity index (χ0n) is 12.5. The Kier molecular flexibility index (Phi) is 3.08. The van der Waals surface area contributed by atoms with Gasteiger partial charge < -0.3 is 9.97 Å². The highest BCUT2D eigenvalue weighted by Gasteiger charge is 2.18. The van der Waals surface area contributed by atoms with Gasteiger partial charge in [-0.05, 0) is 30.2 Å². The molecule has 0 aliphatic rings. The van der Waals surface area contributed by atoms with Crippen molar-refractivity contribution in [3.05, 3.63) is 84.2 Å². The maximum atomic E-state index is 3.39. The molecule has 2 aromatic carbocycles. The Labute approximate surface area is 129 Å². The van der Waals surface area contributed by atoms with Crippen LogP contribution in [0.4, 0.5) is 0 Å². The van der Waals surface area contributed by atoms with E-state index < -0.39 is 0 Å². The first kappa shape index (κ1) is 13.0. The molecule has 0 aliphatic heterocycles. The van der Waals surface area contributed by atoms with Crippen molar-refractivity contribution >= 4 is 21.8 Å². The number of benzene rings is 2. The number of aromatic nitrogens is 2. The number of para-hydroxylation sites is 2. The number of nitrogens with one attached hydrogen (secondary N) is 2. The van der Waals surface area contributed by atoms with Crippen LogP contribution in [-0.4, -0.2) is 9.97 Å². The van der Waals surface area contributed by atoms with Crippen molar-refractivity contribution in [3.8, 4) is 0 Å². The van der Waals surface area contributed by atoms with Gasteiger partial charge in [0.05, 0.1) is 0 Å². The Morgan fingerprint density at radius 3 is 1.77 bits per heavy atom. The minimum atomic E-state index is 0.248. The summed E-state index contributed by atoms with van der Waals surface area (Å²) in [7, 11) is 0. The van der Waals surface area contributed by atoms with E-state index in [1.807, 2.05) is 0 Å². The predicted molar refractivity (Wildman–Crippen MR) is 93.3 cm³/mol. The third-order valence-corrected chi connectivity index (χ3v) is 4.30. The summed E-state index contributed by atoms with van der Waals surface area (Å²) in [6, 6.07) is 17.0. The van der Waals surface area contributed by atoms with Crippen LogP contribution < -0.4 is 0 Å². The van der Waals surface area contributed by atoms with Crippen LogP contribution in [0.3, 0.4) is 0 Å². The molecule has 2 heterocycles. The van der Waals surface area contributed by atoms with Gasteiger partial charge in [0.15, 0.2) is 0 Å². The normalized spacial score (nSPS) is 12.1. The van der Waals surface area contributed by atoms with Gasteiger partial charge in [0.25, 0.3) is 0 Å². The van der Waals surface area contributed by atoms with Crippen LogP contribution >= 0.6 is 0 Å². The Hall–Kier alpha value is -2.74. The molecule has 0 saturated carbocycles. The molecule has 0 spiro atoms. The number of allylic oxidation sites excluding steroid dienone is 2. The Balaban J connectivity index is 1.95. The Bertz CT molecular complexity index is 882. The summed E-state index contributed by atoms with van der Waals surface area (Å²) in [4.78, 5) is 6.79. The molecule has 0 saturated heterocycles. The predicted octanol–water partition coefficient (Wildman–Crippen LogP) is 5.36. The molecule has 0 atom stereocenters. The molecule has 22 heavy (non-hydrogen) atoms. The van der Waals surface area contributed by atoms with Gasteiger partial charge in [-0.25, -0.2) is 0 Å². The molecule has 0 radical (unpaired) electrons. The molecule has 4 aromatic rings. The quantitative estimate of drug-likeness (QED) is 0.475. The van der Waals surface area contributed by atoms with Gasteiger partial charge in [-0.1, -0.05) is 48.6 Å². The highest BCUT2D eigenvalue weighted by atomic mass is 14.7. The van der Waals surface area contributed by atoms with Gasteiger partial charge in [-0.15, -0.1) is 0 Å². The molecule has 2 heteroatoms. The summed E-state index contributed by atoms with van der Waals surface area (Å²) in [5.41, 5.74) is 5.01. The van der Waals surface area contributed by atoms with Crippen molar-refractivity contribution in [1.29, 1.82) is 0 Å². The van der Waals surface area contributed by atoms with Crippen molar-refractivity contribution in [3.63, 3.8) is 0 Å². The Morgan fingerprint density at radius 1 is 0.773 bits per heavy atom. The summed E-state index contributed by atoms with van der Waals surface area (Å²) in [6.07, 6.45) is 8.67. The molecule has 0 aliphatic carbocycles. The van der Waals surface area contributed by atoms with Crippen molar-refractivity contribution < 1.29 is 0 Å². The highest BCUT2D eigenvalue weighted by molar-refractivity contribution is 5.88. The molecule has 0 amide bonds. The van der Waals surface area contributed by atoms with Gasteiger partial charge in [0.2, 0.25) is 0 Å². The monoisotopic (exact) mass is 286 g/mol. The van der Waals surface area contributed by atoms with Crippen molar-refractivity contribution in [1.82, 2.24) is 9.97 Å². The summed E-state index contributed by atoms with van der Waals surface area (Å²) in [6.45, 7) is 2.08. The summed E-state index contributed by atoms with van der Waals surface area (Å²) >= 11 is 0.